The van der Waals surface area contributed by atoms with Gasteiger partial charge in [0.25, 0.3) is 5.91 Å². The molecule has 0 spiro atoms. The molecule has 1 atom stereocenters. The van der Waals surface area contributed by atoms with Crippen LogP contribution >= 0.6 is 11.3 Å². The Morgan fingerprint density at radius 2 is 2.13 bits per heavy atom. The van der Waals surface area contributed by atoms with E-state index in [9.17, 15) is 9.18 Å². The maximum Gasteiger partial charge on any atom is 0.283 e. The highest BCUT2D eigenvalue weighted by Crippen LogP contribution is 2.38. The number of nitrogens with zero attached hydrogens (tertiary/aromatic N) is 3. The molecule has 1 aliphatic heterocycles. The number of thiazole rings is 1. The van der Waals surface area contributed by atoms with Crippen molar-refractivity contribution in [2.75, 3.05) is 6.54 Å². The van der Waals surface area contributed by atoms with Gasteiger partial charge in [-0.1, -0.05) is 24.3 Å². The van der Waals surface area contributed by atoms with Crippen LogP contribution in [-0.2, 0) is 6.42 Å². The molecule has 1 amide bonds. The molecule has 0 unspecified atom stereocenters. The maximum absolute atomic E-state index is 14.2. The van der Waals surface area contributed by atoms with Gasteiger partial charge < -0.3 is 14.3 Å². The van der Waals surface area contributed by atoms with E-state index in [4.69, 9.17) is 4.42 Å². The molecule has 5 aromatic rings. The van der Waals surface area contributed by atoms with E-state index in [2.05, 4.69) is 15.0 Å². The van der Waals surface area contributed by atoms with Gasteiger partial charge in [0.1, 0.15) is 11.8 Å². The van der Waals surface area contributed by atoms with Crippen LogP contribution in [0.1, 0.15) is 33.0 Å². The number of imidazole rings is 1. The van der Waals surface area contributed by atoms with Crippen LogP contribution in [0.4, 0.5) is 4.39 Å². The van der Waals surface area contributed by atoms with E-state index in [1.165, 1.54) is 17.4 Å². The predicted molar refractivity (Wildman–Crippen MR) is 111 cm³/mol. The van der Waals surface area contributed by atoms with Crippen molar-refractivity contribution < 1.29 is 13.6 Å². The summed E-state index contributed by atoms with van der Waals surface area (Å²) in [7, 11) is 0. The zero-order chi connectivity index (χ0) is 20.2. The largest absolute Gasteiger partial charge is 0.455 e. The molecule has 0 radical (unpaired) electrons. The zero-order valence-electron chi connectivity index (χ0n) is 15.6. The second-order valence-corrected chi connectivity index (χ2v) is 8.24. The van der Waals surface area contributed by atoms with Gasteiger partial charge in [-0.15, -0.1) is 11.3 Å². The average molecular weight is 418 g/mol. The first-order valence-corrected chi connectivity index (χ1v) is 10.4. The number of rotatable bonds is 2. The fourth-order valence-corrected chi connectivity index (χ4v) is 4.97. The zero-order valence-corrected chi connectivity index (χ0v) is 16.4. The van der Waals surface area contributed by atoms with Gasteiger partial charge in [-0.25, -0.2) is 14.4 Å². The monoisotopic (exact) mass is 418 g/mol. The number of hydrogen-bond donors (Lipinski definition) is 1. The van der Waals surface area contributed by atoms with Crippen LogP contribution in [0.5, 0.6) is 0 Å². The number of nitrogens with one attached hydrogen (secondary N) is 1. The first kappa shape index (κ1) is 17.3. The Hall–Kier alpha value is -3.52. The van der Waals surface area contributed by atoms with Crippen molar-refractivity contribution in [2.24, 2.45) is 0 Å². The van der Waals surface area contributed by atoms with Crippen molar-refractivity contribution in [3.05, 3.63) is 82.8 Å². The van der Waals surface area contributed by atoms with Crippen LogP contribution in [-0.4, -0.2) is 32.3 Å². The van der Waals surface area contributed by atoms with Crippen LogP contribution in [0.2, 0.25) is 0 Å². The number of aromatic nitrogens is 3. The van der Waals surface area contributed by atoms with Crippen molar-refractivity contribution in [2.45, 2.75) is 12.5 Å². The summed E-state index contributed by atoms with van der Waals surface area (Å²) in [5.74, 6) is -0.130. The Morgan fingerprint density at radius 3 is 3.00 bits per heavy atom. The SMILES string of the molecule is O=C(c1nc2ccccc2s1)N1CCc2[nH]cnc2[C@@H]1c1cc2cccc(F)c2o1. The molecule has 2 aromatic carbocycles. The number of fused-ring (bicyclic) bond motifs is 3. The molecule has 8 heteroatoms. The summed E-state index contributed by atoms with van der Waals surface area (Å²) in [4.78, 5) is 27.3. The summed E-state index contributed by atoms with van der Waals surface area (Å²) in [6, 6.07) is 13.7. The Labute approximate surface area is 174 Å². The van der Waals surface area contributed by atoms with Crippen molar-refractivity contribution >= 4 is 38.4 Å². The van der Waals surface area contributed by atoms with Crippen LogP contribution in [0, 0.1) is 5.82 Å². The van der Waals surface area contributed by atoms with Gasteiger partial charge in [0.2, 0.25) is 0 Å². The van der Waals surface area contributed by atoms with Gasteiger partial charge in [-0.2, -0.15) is 0 Å². The summed E-state index contributed by atoms with van der Waals surface area (Å²) >= 11 is 1.37. The van der Waals surface area contributed by atoms with E-state index in [0.717, 1.165) is 21.6 Å². The minimum Gasteiger partial charge on any atom is -0.455 e. The predicted octanol–water partition coefficient (Wildman–Crippen LogP) is 4.69. The molecule has 4 heterocycles. The lowest BCUT2D eigenvalue weighted by Gasteiger charge is -2.33. The molecule has 1 N–H and O–H groups in total. The summed E-state index contributed by atoms with van der Waals surface area (Å²) in [6.45, 7) is 0.480. The van der Waals surface area contributed by atoms with E-state index < -0.39 is 11.9 Å². The molecule has 0 bridgehead atoms. The Balaban J connectivity index is 1.48. The number of para-hydroxylation sites is 2. The average Bonchev–Trinajstić information content (AvgIpc) is 3.49. The van der Waals surface area contributed by atoms with Crippen LogP contribution in [0.25, 0.3) is 21.2 Å². The number of carbonyl (C=O) groups is 1. The fraction of sp³-hybridized carbons (Fsp3) is 0.136. The van der Waals surface area contributed by atoms with Crippen LogP contribution in [0.3, 0.4) is 0 Å². The molecular weight excluding hydrogens is 403 g/mol. The van der Waals surface area contributed by atoms with E-state index in [-0.39, 0.29) is 11.5 Å². The fourth-order valence-electron chi connectivity index (χ4n) is 4.05. The number of hydrogen-bond acceptors (Lipinski definition) is 5. The normalized spacial score (nSPS) is 16.3. The van der Waals surface area contributed by atoms with E-state index in [0.29, 0.717) is 29.1 Å². The number of amides is 1. The maximum atomic E-state index is 14.2. The quantitative estimate of drug-likeness (QED) is 0.451. The highest BCUT2D eigenvalue weighted by molar-refractivity contribution is 7.20. The summed E-state index contributed by atoms with van der Waals surface area (Å²) in [6.07, 6.45) is 2.27. The molecule has 1 aliphatic rings. The van der Waals surface area contributed by atoms with E-state index >= 15 is 0 Å². The first-order chi connectivity index (χ1) is 14.7. The van der Waals surface area contributed by atoms with Crippen molar-refractivity contribution in [3.63, 3.8) is 0 Å². The van der Waals surface area contributed by atoms with Crippen LogP contribution in [0.15, 0.2) is 59.3 Å². The van der Waals surface area contributed by atoms with Gasteiger partial charge in [0, 0.05) is 24.0 Å². The number of halogens is 1. The van der Waals surface area contributed by atoms with E-state index in [1.807, 2.05) is 24.3 Å². The standard InChI is InChI=1S/C22H15FN4O2S/c23-13-5-3-4-12-10-16(29-20(12)13)19-18-15(24-11-25-18)8-9-27(19)22(28)21-26-14-6-1-2-7-17(14)30-21/h1-7,10-11,19H,8-9H2,(H,24,25)/t19-/m0/s1. The second-order valence-electron chi connectivity index (χ2n) is 7.21. The number of carbonyl (C=O) groups excluding carboxylic acids is 1. The third kappa shape index (κ3) is 2.57. The Bertz CT molecular complexity index is 1390. The van der Waals surface area contributed by atoms with Crippen LogP contribution < -0.4 is 0 Å². The summed E-state index contributed by atoms with van der Waals surface area (Å²) in [5, 5.41) is 1.07. The molecule has 6 rings (SSSR count). The Morgan fingerprint density at radius 1 is 1.23 bits per heavy atom. The minimum atomic E-state index is -0.550. The van der Waals surface area contributed by atoms with Gasteiger partial charge in [-0.3, -0.25) is 4.79 Å². The number of H-pyrrole nitrogens is 1. The summed E-state index contributed by atoms with van der Waals surface area (Å²) < 4.78 is 21.1. The van der Waals surface area contributed by atoms with Gasteiger partial charge in [0.15, 0.2) is 16.4 Å². The molecule has 0 saturated heterocycles. The third-order valence-electron chi connectivity index (χ3n) is 5.45. The van der Waals surface area contributed by atoms with Crippen molar-refractivity contribution in [1.29, 1.82) is 0 Å². The molecule has 30 heavy (non-hydrogen) atoms. The molecular formula is C22H15FN4O2S. The lowest BCUT2D eigenvalue weighted by Crippen LogP contribution is -2.40. The number of aromatic amines is 1. The molecule has 0 fully saturated rings. The lowest BCUT2D eigenvalue weighted by atomic mass is 10.00. The van der Waals surface area contributed by atoms with E-state index in [1.54, 1.807) is 29.4 Å². The van der Waals surface area contributed by atoms with Crippen molar-refractivity contribution in [1.82, 2.24) is 19.9 Å². The topological polar surface area (TPSA) is 75.0 Å². The highest BCUT2D eigenvalue weighted by atomic mass is 32.1. The molecule has 148 valence electrons. The first-order valence-electron chi connectivity index (χ1n) is 9.55. The number of benzene rings is 2. The molecule has 0 aliphatic carbocycles. The molecule has 0 saturated carbocycles. The van der Waals surface area contributed by atoms with Gasteiger partial charge in [0.05, 0.1) is 22.2 Å². The molecule has 6 nitrogen and oxygen atoms in total. The lowest BCUT2D eigenvalue weighted by molar-refractivity contribution is 0.0672. The molecule has 3 aromatic heterocycles. The summed E-state index contributed by atoms with van der Waals surface area (Å²) in [5.41, 5.74) is 2.65. The number of furan rings is 1. The van der Waals surface area contributed by atoms with Gasteiger partial charge >= 0.3 is 0 Å². The smallest absolute Gasteiger partial charge is 0.283 e. The van der Waals surface area contributed by atoms with Crippen molar-refractivity contribution in [3.8, 4) is 0 Å². The highest BCUT2D eigenvalue weighted by Gasteiger charge is 2.37. The third-order valence-corrected chi connectivity index (χ3v) is 6.47. The minimum absolute atomic E-state index is 0.183. The van der Waals surface area contributed by atoms with Gasteiger partial charge in [-0.05, 0) is 24.3 Å². The Kier molecular flexibility index (Phi) is 3.76. The second kappa shape index (κ2) is 6.50.